The maximum atomic E-state index is 12.4. The lowest BCUT2D eigenvalue weighted by Crippen LogP contribution is -2.43. The fourth-order valence-electron chi connectivity index (χ4n) is 2.37. The smallest absolute Gasteiger partial charge is 0.269 e. The molecule has 2 aromatic rings. The minimum absolute atomic E-state index is 0.00531. The van der Waals surface area contributed by atoms with E-state index in [-0.39, 0.29) is 18.9 Å². The Morgan fingerprint density at radius 2 is 1.96 bits per heavy atom. The summed E-state index contributed by atoms with van der Waals surface area (Å²) < 4.78 is 5.58. The zero-order chi connectivity index (χ0) is 20.1. The summed E-state index contributed by atoms with van der Waals surface area (Å²) in [6.45, 7) is 2.04. The fraction of sp³-hybridized carbons (Fsp3) is 0.158. The maximum absolute atomic E-state index is 12.4. The van der Waals surface area contributed by atoms with Gasteiger partial charge < -0.3 is 4.42 Å². The lowest BCUT2D eigenvalue weighted by atomic mass is 10.1. The number of carbonyl (C=O) groups excluding carboxylic acids is 3. The van der Waals surface area contributed by atoms with Crippen LogP contribution in [-0.4, -0.2) is 33.5 Å². The molecule has 0 spiro atoms. The summed E-state index contributed by atoms with van der Waals surface area (Å²) in [5.74, 6) is -0.565. The molecule has 0 aliphatic carbocycles. The van der Waals surface area contributed by atoms with Gasteiger partial charge in [-0.05, 0) is 31.2 Å². The van der Waals surface area contributed by atoms with Crippen LogP contribution in [0.1, 0.15) is 28.1 Å². The van der Waals surface area contributed by atoms with Crippen molar-refractivity contribution in [3.63, 3.8) is 0 Å². The van der Waals surface area contributed by atoms with Crippen molar-refractivity contribution in [2.24, 2.45) is 0 Å². The van der Waals surface area contributed by atoms with Crippen LogP contribution in [0.5, 0.6) is 0 Å². The van der Waals surface area contributed by atoms with Gasteiger partial charge in [-0.1, -0.05) is 41.7 Å². The largest absolute Gasteiger partial charge is 0.465 e. The van der Waals surface area contributed by atoms with Crippen LogP contribution in [0.2, 0.25) is 0 Å². The number of carbonyl (C=O) groups is 3. The summed E-state index contributed by atoms with van der Waals surface area (Å²) >= 11 is 6.37. The van der Waals surface area contributed by atoms with E-state index in [1.54, 1.807) is 30.3 Å². The average Bonchev–Trinajstić information content (AvgIpc) is 3.27. The second kappa shape index (κ2) is 8.85. The Labute approximate surface area is 171 Å². The first-order chi connectivity index (χ1) is 13.4. The summed E-state index contributed by atoms with van der Waals surface area (Å²) in [4.78, 5) is 38.2. The Morgan fingerprint density at radius 1 is 1.21 bits per heavy atom. The lowest BCUT2D eigenvalue weighted by molar-refractivity contribution is -0.124. The number of hydrogen-bond acceptors (Lipinski definition) is 6. The Balaban J connectivity index is 1.49. The first-order valence-corrected chi connectivity index (χ1v) is 9.61. The fourth-order valence-corrected chi connectivity index (χ4v) is 3.66. The SMILES string of the molecule is Cc1ccc(C(=O)NNC(=O)CCN2C(=O)/C(=C\c3ccco3)SC2=S)cc1. The van der Waals surface area contributed by atoms with Crippen LogP contribution in [-0.2, 0) is 9.59 Å². The number of hydrogen-bond donors (Lipinski definition) is 2. The summed E-state index contributed by atoms with van der Waals surface area (Å²) in [6, 6.07) is 10.4. The van der Waals surface area contributed by atoms with E-state index in [1.165, 1.54) is 11.2 Å². The summed E-state index contributed by atoms with van der Waals surface area (Å²) in [6.07, 6.45) is 3.12. The standard InChI is InChI=1S/C19H17N3O4S2/c1-12-4-6-13(7-5-12)17(24)21-20-16(23)8-9-22-18(25)15(28-19(22)27)11-14-3-2-10-26-14/h2-7,10-11H,8-9H2,1H3,(H,20,23)(H,21,24)/b15-11+. The Morgan fingerprint density at radius 3 is 2.64 bits per heavy atom. The maximum Gasteiger partial charge on any atom is 0.269 e. The van der Waals surface area contributed by atoms with Crippen molar-refractivity contribution in [1.29, 1.82) is 0 Å². The van der Waals surface area contributed by atoms with E-state index >= 15 is 0 Å². The highest BCUT2D eigenvalue weighted by molar-refractivity contribution is 8.26. The highest BCUT2D eigenvalue weighted by Crippen LogP contribution is 2.32. The van der Waals surface area contributed by atoms with Gasteiger partial charge in [-0.15, -0.1) is 0 Å². The van der Waals surface area contributed by atoms with Gasteiger partial charge in [-0.25, -0.2) is 0 Å². The number of nitrogens with zero attached hydrogens (tertiary/aromatic N) is 1. The summed E-state index contributed by atoms with van der Waals surface area (Å²) in [5.41, 5.74) is 6.16. The average molecular weight is 415 g/mol. The van der Waals surface area contributed by atoms with Crippen LogP contribution in [0.15, 0.2) is 52.0 Å². The van der Waals surface area contributed by atoms with Gasteiger partial charge in [-0.3, -0.25) is 30.1 Å². The number of hydrazine groups is 1. The highest BCUT2D eigenvalue weighted by Gasteiger charge is 2.32. The molecular formula is C19H17N3O4S2. The molecule has 0 radical (unpaired) electrons. The molecule has 0 bridgehead atoms. The topological polar surface area (TPSA) is 91.7 Å². The number of rotatable bonds is 5. The van der Waals surface area contributed by atoms with E-state index in [9.17, 15) is 14.4 Å². The van der Waals surface area contributed by atoms with Crippen molar-refractivity contribution < 1.29 is 18.8 Å². The number of amides is 3. The Hall–Kier alpha value is -2.91. The Kier molecular flexibility index (Phi) is 6.27. The summed E-state index contributed by atoms with van der Waals surface area (Å²) in [7, 11) is 0. The molecule has 9 heteroatoms. The van der Waals surface area contributed by atoms with E-state index in [2.05, 4.69) is 10.9 Å². The second-order valence-electron chi connectivity index (χ2n) is 5.97. The molecule has 1 aliphatic rings. The van der Waals surface area contributed by atoms with Crippen molar-refractivity contribution >= 4 is 52.1 Å². The van der Waals surface area contributed by atoms with E-state index < -0.39 is 11.8 Å². The molecule has 1 saturated heterocycles. The van der Waals surface area contributed by atoms with Gasteiger partial charge in [0, 0.05) is 24.6 Å². The molecule has 0 atom stereocenters. The van der Waals surface area contributed by atoms with Gasteiger partial charge in [0.15, 0.2) is 0 Å². The number of furan rings is 1. The molecule has 28 heavy (non-hydrogen) atoms. The number of thioether (sulfide) groups is 1. The van der Waals surface area contributed by atoms with Gasteiger partial charge in [0.25, 0.3) is 11.8 Å². The van der Waals surface area contributed by atoms with Crippen molar-refractivity contribution in [2.45, 2.75) is 13.3 Å². The van der Waals surface area contributed by atoms with E-state index in [0.717, 1.165) is 17.3 Å². The molecular weight excluding hydrogens is 398 g/mol. The predicted octanol–water partition coefficient (Wildman–Crippen LogP) is 2.64. The highest BCUT2D eigenvalue weighted by atomic mass is 32.2. The minimum atomic E-state index is -0.426. The van der Waals surface area contributed by atoms with Crippen molar-refractivity contribution in [3.05, 3.63) is 64.5 Å². The van der Waals surface area contributed by atoms with Crippen LogP contribution >= 0.6 is 24.0 Å². The quantitative estimate of drug-likeness (QED) is 0.443. The van der Waals surface area contributed by atoms with Crippen LogP contribution in [0.4, 0.5) is 0 Å². The normalized spacial score (nSPS) is 15.2. The number of benzene rings is 1. The monoisotopic (exact) mass is 415 g/mol. The van der Waals surface area contributed by atoms with Gasteiger partial charge in [-0.2, -0.15) is 0 Å². The van der Waals surface area contributed by atoms with Gasteiger partial charge in [0.1, 0.15) is 10.1 Å². The molecule has 7 nitrogen and oxygen atoms in total. The van der Waals surface area contributed by atoms with Gasteiger partial charge >= 0.3 is 0 Å². The molecule has 0 unspecified atom stereocenters. The van der Waals surface area contributed by atoms with Crippen LogP contribution < -0.4 is 10.9 Å². The molecule has 144 valence electrons. The van der Waals surface area contributed by atoms with Crippen LogP contribution in [0.3, 0.4) is 0 Å². The van der Waals surface area contributed by atoms with E-state index in [1.807, 2.05) is 19.1 Å². The third kappa shape index (κ3) is 4.87. The molecule has 3 rings (SSSR count). The van der Waals surface area contributed by atoms with Gasteiger partial charge in [0.05, 0.1) is 11.2 Å². The van der Waals surface area contributed by atoms with Crippen molar-refractivity contribution in [2.75, 3.05) is 6.54 Å². The first-order valence-electron chi connectivity index (χ1n) is 8.39. The zero-order valence-corrected chi connectivity index (χ0v) is 16.6. The predicted molar refractivity (Wildman–Crippen MR) is 110 cm³/mol. The third-order valence-corrected chi connectivity index (χ3v) is 5.26. The molecule has 2 N–H and O–H groups in total. The molecule has 1 aromatic heterocycles. The van der Waals surface area contributed by atoms with Crippen molar-refractivity contribution in [1.82, 2.24) is 15.8 Å². The van der Waals surface area contributed by atoms with E-state index in [0.29, 0.717) is 20.5 Å². The zero-order valence-electron chi connectivity index (χ0n) is 14.9. The molecule has 3 amide bonds. The Bertz CT molecular complexity index is 937. The minimum Gasteiger partial charge on any atom is -0.465 e. The lowest BCUT2D eigenvalue weighted by Gasteiger charge is -2.14. The molecule has 1 fully saturated rings. The van der Waals surface area contributed by atoms with Crippen LogP contribution in [0, 0.1) is 6.92 Å². The molecule has 1 aliphatic heterocycles. The first kappa shape index (κ1) is 19.8. The second-order valence-corrected chi connectivity index (χ2v) is 7.64. The molecule has 2 heterocycles. The number of nitrogens with one attached hydrogen (secondary N) is 2. The van der Waals surface area contributed by atoms with E-state index in [4.69, 9.17) is 16.6 Å². The number of thiocarbonyl (C=S) groups is 1. The molecule has 1 aromatic carbocycles. The van der Waals surface area contributed by atoms with Gasteiger partial charge in [0.2, 0.25) is 5.91 Å². The third-order valence-electron chi connectivity index (χ3n) is 3.88. The van der Waals surface area contributed by atoms with Crippen molar-refractivity contribution in [3.8, 4) is 0 Å². The summed E-state index contributed by atoms with van der Waals surface area (Å²) in [5, 5.41) is 0. The number of aryl methyl sites for hydroxylation is 1. The van der Waals surface area contributed by atoms with Crippen LogP contribution in [0.25, 0.3) is 6.08 Å². The molecule has 0 saturated carbocycles.